The lowest BCUT2D eigenvalue weighted by Gasteiger charge is -2.22. The smallest absolute Gasteiger partial charge is 0.306 e. The topological polar surface area (TPSA) is 52.6 Å². The average molecular weight is 693 g/mol. The van der Waals surface area contributed by atoms with E-state index in [9.17, 15) is 9.59 Å². The van der Waals surface area contributed by atoms with Gasteiger partial charge in [-0.05, 0) is 77.0 Å². The van der Waals surface area contributed by atoms with E-state index < -0.39 is 0 Å². The highest BCUT2D eigenvalue weighted by atomic mass is 35.5. The molecule has 0 aliphatic carbocycles. The highest BCUT2D eigenvalue weighted by Crippen LogP contribution is 2.23. The van der Waals surface area contributed by atoms with Crippen molar-refractivity contribution in [3.63, 3.8) is 0 Å². The van der Waals surface area contributed by atoms with Gasteiger partial charge in [-0.3, -0.25) is 9.59 Å². The molecule has 0 amide bonds. The molecule has 1 fully saturated rings. The van der Waals surface area contributed by atoms with Gasteiger partial charge >= 0.3 is 11.9 Å². The van der Waals surface area contributed by atoms with Gasteiger partial charge in [0, 0.05) is 12.8 Å². The molecule has 5 nitrogen and oxygen atoms in total. The van der Waals surface area contributed by atoms with Crippen molar-refractivity contribution in [2.24, 2.45) is 0 Å². The summed E-state index contributed by atoms with van der Waals surface area (Å²) in [6.07, 6.45) is 44.1. The van der Waals surface area contributed by atoms with Crippen LogP contribution in [0.5, 0.6) is 0 Å². The van der Waals surface area contributed by atoms with Gasteiger partial charge in [0.15, 0.2) is 12.2 Å². The van der Waals surface area contributed by atoms with E-state index in [0.717, 1.165) is 64.2 Å². The Balaban J connectivity index is 0.0000221. The molecular formula is C42H74ClNO4. The summed E-state index contributed by atoms with van der Waals surface area (Å²) in [5.41, 5.74) is 0. The van der Waals surface area contributed by atoms with Gasteiger partial charge in [0.25, 0.3) is 0 Å². The van der Waals surface area contributed by atoms with Crippen molar-refractivity contribution in [2.45, 2.75) is 180 Å². The predicted octanol–water partition coefficient (Wildman–Crippen LogP) is 8.53. The molecule has 0 aromatic carbocycles. The second kappa shape index (κ2) is 32.4. The molecule has 0 N–H and O–H groups in total. The van der Waals surface area contributed by atoms with Crippen molar-refractivity contribution in [1.82, 2.24) is 0 Å². The van der Waals surface area contributed by atoms with Gasteiger partial charge < -0.3 is 26.4 Å². The molecule has 0 aromatic rings. The summed E-state index contributed by atoms with van der Waals surface area (Å²) in [6.45, 7) is 5.87. The highest BCUT2D eigenvalue weighted by molar-refractivity contribution is 5.70. The van der Waals surface area contributed by atoms with Gasteiger partial charge in [0.05, 0.1) is 14.1 Å². The third-order valence-electron chi connectivity index (χ3n) is 8.99. The Morgan fingerprint density at radius 3 is 1.17 bits per heavy atom. The first-order valence-electron chi connectivity index (χ1n) is 19.7. The quantitative estimate of drug-likeness (QED) is 0.0328. The van der Waals surface area contributed by atoms with Gasteiger partial charge in [0.1, 0.15) is 13.1 Å². The minimum Gasteiger partial charge on any atom is -1.00 e. The summed E-state index contributed by atoms with van der Waals surface area (Å²) in [4.78, 5) is 25.2. The number of likely N-dealkylation sites (tertiary alicyclic amines) is 1. The number of nitrogens with zero attached hydrogens (tertiary/aromatic N) is 1. The number of unbranched alkanes of at least 4 members (excludes halogenated alkanes) is 16. The summed E-state index contributed by atoms with van der Waals surface area (Å²) in [5.74, 6) is -0.310. The average Bonchev–Trinajstić information content (AvgIpc) is 3.32. The van der Waals surface area contributed by atoms with E-state index in [0.29, 0.717) is 30.4 Å². The number of ether oxygens (including phenoxy) is 2. The van der Waals surface area contributed by atoms with Crippen molar-refractivity contribution < 1.29 is 36.0 Å². The fraction of sp³-hybridized carbons (Fsp3) is 0.762. The number of hydrogen-bond donors (Lipinski definition) is 0. The molecule has 1 aliphatic rings. The van der Waals surface area contributed by atoms with Gasteiger partial charge in [-0.15, -0.1) is 0 Å². The third kappa shape index (κ3) is 28.0. The minimum atomic E-state index is -0.343. The fourth-order valence-corrected chi connectivity index (χ4v) is 6.13. The van der Waals surface area contributed by atoms with Gasteiger partial charge in [0.2, 0.25) is 0 Å². The first kappa shape index (κ1) is 46.1. The summed E-state index contributed by atoms with van der Waals surface area (Å²) in [5, 5.41) is 0. The van der Waals surface area contributed by atoms with E-state index in [1.54, 1.807) is 0 Å². The lowest BCUT2D eigenvalue weighted by Crippen LogP contribution is -3.00. The van der Waals surface area contributed by atoms with Gasteiger partial charge in [-0.1, -0.05) is 127 Å². The maximum absolute atomic E-state index is 12.6. The molecule has 1 aliphatic heterocycles. The van der Waals surface area contributed by atoms with Crippen LogP contribution in [0.15, 0.2) is 48.6 Å². The number of carbonyl (C=O) groups excluding carboxylic acids is 2. The number of rotatable bonds is 30. The maximum Gasteiger partial charge on any atom is 0.306 e. The van der Waals surface area contributed by atoms with Crippen LogP contribution in [0.3, 0.4) is 0 Å². The lowest BCUT2D eigenvalue weighted by atomic mass is 10.1. The molecule has 0 saturated carbocycles. The van der Waals surface area contributed by atoms with E-state index in [-0.39, 0.29) is 36.6 Å². The molecule has 1 heterocycles. The second-order valence-corrected chi connectivity index (χ2v) is 14.3. The Kier molecular flexibility index (Phi) is 31.1. The zero-order valence-corrected chi connectivity index (χ0v) is 32.4. The van der Waals surface area contributed by atoms with Crippen LogP contribution in [0.1, 0.15) is 168 Å². The molecule has 2 atom stereocenters. The number of halogens is 1. The van der Waals surface area contributed by atoms with Crippen LogP contribution < -0.4 is 12.4 Å². The molecule has 0 radical (unpaired) electrons. The van der Waals surface area contributed by atoms with Crippen molar-refractivity contribution >= 4 is 11.9 Å². The molecule has 0 bridgehead atoms. The highest BCUT2D eigenvalue weighted by Gasteiger charge is 2.45. The Morgan fingerprint density at radius 2 is 0.812 bits per heavy atom. The molecule has 48 heavy (non-hydrogen) atoms. The standard InChI is InChI=1S/C42H74NO4.ClH/c1-5-7-9-11-13-15-17-19-21-23-25-27-29-31-33-35-41(44)46-39-37-43(3,4)38-40(39)47-42(45)36-34-32-30-28-26-24-22-20-18-16-14-12-10-8-6-2;/h13-16,19-22,39-40H,5-12,17-18,23-38H2,1-4H3;1H/q+1;/p-1/b15-13-,16-14-,21-19-,22-20-;/t39-,40?;/m1./s1. The monoisotopic (exact) mass is 692 g/mol. The molecule has 1 rings (SSSR count). The SMILES string of the molecule is CCCCC/C=C\C/C=C\CCCCCCCC(=O)OC1C[N+](C)(C)C[C@H]1OC(=O)CCCCCCC/C=C\C/C=C\CCCCC.[Cl-]. The van der Waals surface area contributed by atoms with Crippen LogP contribution in [0.2, 0.25) is 0 Å². The van der Waals surface area contributed by atoms with Crippen LogP contribution >= 0.6 is 0 Å². The van der Waals surface area contributed by atoms with Crippen LogP contribution in [-0.2, 0) is 19.1 Å². The molecule has 1 saturated heterocycles. The van der Waals surface area contributed by atoms with Crippen molar-refractivity contribution in [3.05, 3.63) is 48.6 Å². The fourth-order valence-electron chi connectivity index (χ4n) is 6.13. The Labute approximate surface area is 303 Å². The number of hydrogen-bond acceptors (Lipinski definition) is 4. The Hall–Kier alpha value is -1.85. The second-order valence-electron chi connectivity index (χ2n) is 14.3. The zero-order chi connectivity index (χ0) is 34.3. The third-order valence-corrected chi connectivity index (χ3v) is 8.99. The molecule has 1 unspecified atom stereocenters. The van der Waals surface area contributed by atoms with E-state index in [1.165, 1.54) is 77.0 Å². The summed E-state index contributed by atoms with van der Waals surface area (Å²) < 4.78 is 12.4. The lowest BCUT2D eigenvalue weighted by molar-refractivity contribution is -0.880. The van der Waals surface area contributed by atoms with Gasteiger partial charge in [-0.25, -0.2) is 0 Å². The minimum absolute atomic E-state index is 0. The number of quaternary nitrogens is 1. The predicted molar refractivity (Wildman–Crippen MR) is 200 cm³/mol. The molecule has 278 valence electrons. The Bertz CT molecular complexity index is 824. The van der Waals surface area contributed by atoms with Crippen LogP contribution in [0.4, 0.5) is 0 Å². The molecular weight excluding hydrogens is 618 g/mol. The zero-order valence-electron chi connectivity index (χ0n) is 31.6. The summed E-state index contributed by atoms with van der Waals surface area (Å²) in [7, 11) is 4.21. The van der Waals surface area contributed by atoms with Crippen LogP contribution in [-0.4, -0.2) is 55.8 Å². The molecule has 6 heteroatoms. The number of esters is 2. The van der Waals surface area contributed by atoms with Crippen LogP contribution in [0.25, 0.3) is 0 Å². The van der Waals surface area contributed by atoms with Crippen molar-refractivity contribution in [1.29, 1.82) is 0 Å². The van der Waals surface area contributed by atoms with Crippen molar-refractivity contribution in [3.8, 4) is 0 Å². The number of allylic oxidation sites excluding steroid dienone is 8. The maximum atomic E-state index is 12.6. The normalized spacial score (nSPS) is 17.6. The van der Waals surface area contributed by atoms with Gasteiger partial charge in [-0.2, -0.15) is 0 Å². The number of carbonyl (C=O) groups is 2. The first-order valence-corrected chi connectivity index (χ1v) is 19.7. The molecule has 0 aromatic heterocycles. The molecule has 0 spiro atoms. The number of likely N-dealkylation sites (N-methyl/N-ethyl adjacent to an activating group) is 1. The summed E-state index contributed by atoms with van der Waals surface area (Å²) >= 11 is 0. The van der Waals surface area contributed by atoms with E-state index in [1.807, 2.05) is 0 Å². The van der Waals surface area contributed by atoms with E-state index in [4.69, 9.17) is 9.47 Å². The van der Waals surface area contributed by atoms with Crippen LogP contribution in [0, 0.1) is 0 Å². The summed E-state index contributed by atoms with van der Waals surface area (Å²) in [6, 6.07) is 0. The first-order chi connectivity index (χ1) is 22.9. The van der Waals surface area contributed by atoms with E-state index >= 15 is 0 Å². The Morgan fingerprint density at radius 1 is 0.500 bits per heavy atom. The largest absolute Gasteiger partial charge is 1.00 e. The van der Waals surface area contributed by atoms with E-state index in [2.05, 4.69) is 76.6 Å². The van der Waals surface area contributed by atoms with Crippen molar-refractivity contribution in [2.75, 3.05) is 27.2 Å².